The van der Waals surface area contributed by atoms with Gasteiger partial charge in [-0.2, -0.15) is 0 Å². The fourth-order valence-corrected chi connectivity index (χ4v) is 5.85. The molecule has 0 aromatic heterocycles. The van der Waals surface area contributed by atoms with Crippen LogP contribution in [0, 0.1) is 20.8 Å². The molecule has 3 heteroatoms. The van der Waals surface area contributed by atoms with Gasteiger partial charge in [-0.05, 0) is 98.9 Å². The van der Waals surface area contributed by atoms with Crippen LogP contribution in [0.4, 0.5) is 17.1 Å². The van der Waals surface area contributed by atoms with Crippen LogP contribution in [0.15, 0.2) is 233 Å². The van der Waals surface area contributed by atoms with Crippen molar-refractivity contribution in [3.8, 4) is 0 Å². The largest absolute Gasteiger partial charge is 0.253 e. The van der Waals surface area contributed by atoms with Crippen LogP contribution < -0.4 is 0 Å². The Morgan fingerprint density at radius 1 is 0.356 bits per heavy atom. The van der Waals surface area contributed by atoms with Crippen molar-refractivity contribution in [3.63, 3.8) is 0 Å². The summed E-state index contributed by atoms with van der Waals surface area (Å²) in [7, 11) is 0. The quantitative estimate of drug-likeness (QED) is 0.124. The summed E-state index contributed by atoms with van der Waals surface area (Å²) < 4.78 is 0. The summed E-state index contributed by atoms with van der Waals surface area (Å²) in [5, 5.41) is 0. The predicted octanol–water partition coefficient (Wildman–Crippen LogP) is 15.3. The van der Waals surface area contributed by atoms with Crippen molar-refractivity contribution in [1.29, 1.82) is 0 Å². The Labute approximate surface area is 352 Å². The Bertz CT molecular complexity index is 2510. The Balaban J connectivity index is 0.000000170. The van der Waals surface area contributed by atoms with Crippen LogP contribution in [-0.2, 0) is 0 Å². The molecule has 0 aliphatic carbocycles. The minimum atomic E-state index is 0.962. The summed E-state index contributed by atoms with van der Waals surface area (Å²) in [5.41, 5.74) is 14.2. The van der Waals surface area contributed by atoms with E-state index in [9.17, 15) is 0 Å². The molecule has 0 atom stereocenters. The molecule has 0 saturated heterocycles. The van der Waals surface area contributed by atoms with Crippen molar-refractivity contribution in [2.24, 2.45) is 15.0 Å². The number of aliphatic imine (C=N–C) groups is 3. The monoisotopic (exact) mass is 767 g/mol. The number of benzene rings is 7. The number of nitrogens with zero attached hydrogens (tertiary/aromatic N) is 3. The van der Waals surface area contributed by atoms with Crippen LogP contribution in [0.25, 0.3) is 12.2 Å². The van der Waals surface area contributed by atoms with Gasteiger partial charge in [-0.3, -0.25) is 4.99 Å². The first-order chi connectivity index (χ1) is 28.9. The third-order valence-corrected chi connectivity index (χ3v) is 9.14. The van der Waals surface area contributed by atoms with E-state index < -0.39 is 0 Å². The molecule has 7 aromatic carbocycles. The highest BCUT2D eigenvalue weighted by Crippen LogP contribution is 2.21. The number of rotatable bonds is 10. The highest BCUT2D eigenvalue weighted by Gasteiger charge is 2.03. The maximum absolute atomic E-state index is 4.87. The van der Waals surface area contributed by atoms with Crippen LogP contribution in [0.5, 0.6) is 0 Å². The molecule has 0 N–H and O–H groups in total. The van der Waals surface area contributed by atoms with Gasteiger partial charge >= 0.3 is 0 Å². The lowest BCUT2D eigenvalue weighted by Crippen LogP contribution is -1.96. The lowest BCUT2D eigenvalue weighted by Gasteiger charge is -2.05. The van der Waals surface area contributed by atoms with Crippen LogP contribution >= 0.6 is 0 Å². The van der Waals surface area contributed by atoms with Gasteiger partial charge in [-0.25, -0.2) is 9.98 Å². The third kappa shape index (κ3) is 14.7. The zero-order valence-electron chi connectivity index (χ0n) is 34.8. The first-order valence-corrected chi connectivity index (χ1v) is 20.0. The van der Waals surface area contributed by atoms with Gasteiger partial charge in [0.2, 0.25) is 0 Å². The summed E-state index contributed by atoms with van der Waals surface area (Å²) in [6, 6.07) is 65.6. The Morgan fingerprint density at radius 3 is 1.07 bits per heavy atom. The first kappa shape index (κ1) is 42.9. The minimum Gasteiger partial charge on any atom is -0.253 e. The maximum Gasteiger partial charge on any atom is 0.0709 e. The maximum atomic E-state index is 4.87. The van der Waals surface area contributed by atoms with Crippen molar-refractivity contribution in [3.05, 3.63) is 257 Å². The van der Waals surface area contributed by atoms with Crippen LogP contribution in [0.1, 0.15) is 52.8 Å². The van der Waals surface area contributed by atoms with Crippen molar-refractivity contribution >= 4 is 46.3 Å². The summed E-state index contributed by atoms with van der Waals surface area (Å²) >= 11 is 0. The molecule has 7 aromatic rings. The molecule has 0 unspecified atom stereocenters. The van der Waals surface area contributed by atoms with Gasteiger partial charge in [-0.1, -0.05) is 194 Å². The van der Waals surface area contributed by atoms with Crippen LogP contribution in [0.3, 0.4) is 0 Å². The molecule has 0 aliphatic heterocycles. The molecule has 0 heterocycles. The van der Waals surface area contributed by atoms with E-state index in [4.69, 9.17) is 9.98 Å². The molecule has 0 bridgehead atoms. The summed E-state index contributed by atoms with van der Waals surface area (Å²) in [4.78, 5) is 14.2. The van der Waals surface area contributed by atoms with Gasteiger partial charge in [0.05, 0.1) is 28.5 Å². The van der Waals surface area contributed by atoms with E-state index in [1.54, 1.807) is 0 Å². The molecular weight excluding hydrogens is 715 g/mol. The smallest absolute Gasteiger partial charge is 0.0709 e. The van der Waals surface area contributed by atoms with Gasteiger partial charge in [0, 0.05) is 16.8 Å². The Morgan fingerprint density at radius 2 is 0.678 bits per heavy atom. The molecule has 0 amide bonds. The van der Waals surface area contributed by atoms with Gasteiger partial charge in [0.15, 0.2) is 0 Å². The van der Waals surface area contributed by atoms with E-state index in [2.05, 4.69) is 117 Å². The molecule has 0 aliphatic rings. The van der Waals surface area contributed by atoms with E-state index in [1.165, 1.54) is 27.8 Å². The lowest BCUT2D eigenvalue weighted by molar-refractivity contribution is 1.39. The van der Waals surface area contributed by atoms with Crippen molar-refractivity contribution < 1.29 is 0 Å². The van der Waals surface area contributed by atoms with Gasteiger partial charge in [0.25, 0.3) is 0 Å². The molecule has 0 radical (unpaired) electrons. The second kappa shape index (κ2) is 23.7. The predicted molar refractivity (Wildman–Crippen MR) is 257 cm³/mol. The van der Waals surface area contributed by atoms with Gasteiger partial charge < -0.3 is 0 Å². The Kier molecular flexibility index (Phi) is 17.3. The molecular formula is C56H53N3. The molecule has 7 rings (SSSR count). The van der Waals surface area contributed by atoms with E-state index in [0.717, 1.165) is 45.3 Å². The number of hydrogen-bond acceptors (Lipinski definition) is 3. The average molecular weight is 768 g/mol. The topological polar surface area (TPSA) is 37.1 Å². The zero-order valence-corrected chi connectivity index (χ0v) is 34.8. The van der Waals surface area contributed by atoms with Crippen LogP contribution in [0.2, 0.25) is 0 Å². The fourth-order valence-electron chi connectivity index (χ4n) is 5.85. The lowest BCUT2D eigenvalue weighted by atomic mass is 10.1. The number of aryl methyl sites for hydroxylation is 3. The SMILES string of the molecule is CC(C=Cc1ccccc1)=Nc1ccccc1C.CC=CC(=Nc1ccccc1C)c1ccccc1.Cc1ccccc1N=C(C=Cc1ccccc1)c1ccccc1. The van der Waals surface area contributed by atoms with Crippen molar-refractivity contribution in [2.75, 3.05) is 0 Å². The summed E-state index contributed by atoms with van der Waals surface area (Å²) in [6.45, 7) is 10.3. The molecule has 292 valence electrons. The van der Waals surface area contributed by atoms with E-state index >= 15 is 0 Å². The van der Waals surface area contributed by atoms with Crippen molar-refractivity contribution in [1.82, 2.24) is 0 Å². The fraction of sp³-hybridized carbons (Fsp3) is 0.0893. The summed E-state index contributed by atoms with van der Waals surface area (Å²) in [5.74, 6) is 0. The number of allylic oxidation sites excluding steroid dienone is 4. The second-order valence-corrected chi connectivity index (χ2v) is 13.8. The van der Waals surface area contributed by atoms with Gasteiger partial charge in [0.1, 0.15) is 0 Å². The zero-order chi connectivity index (χ0) is 41.5. The van der Waals surface area contributed by atoms with Crippen LogP contribution in [-0.4, -0.2) is 17.1 Å². The molecule has 0 fully saturated rings. The Hall–Kier alpha value is -7.23. The van der Waals surface area contributed by atoms with E-state index in [0.29, 0.717) is 0 Å². The standard InChI is InChI=1S/C22H19N.2C17H17N/c1-18-10-8-9-15-21(18)23-22(20-13-6-3-7-14-20)17-16-19-11-4-2-5-12-19;1-14-8-6-7-11-17(14)18-15(2)12-13-16-9-4-3-5-10-16;1-3-9-17(15-11-5-4-6-12-15)18-16-13-8-7-10-14(16)2/h2-17H,1H3;2*3-13H,1-2H3. The first-order valence-electron chi connectivity index (χ1n) is 20.0. The minimum absolute atomic E-state index is 0.962. The van der Waals surface area contributed by atoms with E-state index in [1.807, 2.05) is 153 Å². The average Bonchev–Trinajstić information content (AvgIpc) is 3.28. The van der Waals surface area contributed by atoms with Gasteiger partial charge in [-0.15, -0.1) is 0 Å². The number of hydrogen-bond donors (Lipinski definition) is 0. The number of para-hydroxylation sites is 3. The van der Waals surface area contributed by atoms with E-state index in [-0.39, 0.29) is 0 Å². The molecule has 0 spiro atoms. The highest BCUT2D eigenvalue weighted by atomic mass is 14.8. The molecule has 3 nitrogen and oxygen atoms in total. The normalized spacial score (nSPS) is 11.9. The van der Waals surface area contributed by atoms with Crippen molar-refractivity contribution in [2.45, 2.75) is 34.6 Å². The summed E-state index contributed by atoms with van der Waals surface area (Å²) in [6.07, 6.45) is 12.4. The molecule has 0 saturated carbocycles. The second-order valence-electron chi connectivity index (χ2n) is 13.8. The molecule has 59 heavy (non-hydrogen) atoms. The third-order valence-electron chi connectivity index (χ3n) is 9.14. The highest BCUT2D eigenvalue weighted by molar-refractivity contribution is 6.12.